The lowest BCUT2D eigenvalue weighted by Crippen LogP contribution is -2.12. The van der Waals surface area contributed by atoms with Crippen molar-refractivity contribution in [1.82, 2.24) is 14.9 Å². The number of benzene rings is 1. The fourth-order valence-electron chi connectivity index (χ4n) is 2.24. The van der Waals surface area contributed by atoms with Gasteiger partial charge in [-0.05, 0) is 30.2 Å². The normalized spacial score (nSPS) is 10.9. The zero-order chi connectivity index (χ0) is 14.4. The van der Waals surface area contributed by atoms with Crippen molar-refractivity contribution < 1.29 is 0 Å². The molecule has 3 nitrogen and oxygen atoms in total. The lowest BCUT2D eigenvalue weighted by atomic mass is 10.1. The second-order valence-electron chi connectivity index (χ2n) is 4.92. The predicted molar refractivity (Wildman–Crippen MR) is 84.2 cm³/mol. The van der Waals surface area contributed by atoms with Crippen molar-refractivity contribution in [2.24, 2.45) is 0 Å². The van der Waals surface area contributed by atoms with E-state index in [0.29, 0.717) is 0 Å². The zero-order valence-corrected chi connectivity index (χ0v) is 13.0. The summed E-state index contributed by atoms with van der Waals surface area (Å²) >= 11 is 6.34. The Morgan fingerprint density at radius 2 is 2.15 bits per heavy atom. The molecule has 4 heteroatoms. The molecule has 1 aromatic carbocycles. The Hall–Kier alpha value is -1.32. The van der Waals surface area contributed by atoms with Crippen LogP contribution in [-0.2, 0) is 19.5 Å². The van der Waals surface area contributed by atoms with Crippen molar-refractivity contribution >= 4 is 11.6 Å². The Balaban J connectivity index is 2.09. The number of aromatic nitrogens is 2. The predicted octanol–water partition coefficient (Wildman–Crippen LogP) is 3.65. The van der Waals surface area contributed by atoms with E-state index in [1.807, 2.05) is 12.4 Å². The molecule has 20 heavy (non-hydrogen) atoms. The quantitative estimate of drug-likeness (QED) is 0.844. The standard InChI is InChI=1S/C16H22ClN3/c1-3-8-20-9-7-19-16(20)11-13-5-6-14(12-18-4-2)15(17)10-13/h5-7,9-10,18H,3-4,8,11-12H2,1-2H3. The number of aryl methyl sites for hydroxylation is 1. The minimum atomic E-state index is 0.820. The van der Waals surface area contributed by atoms with E-state index < -0.39 is 0 Å². The van der Waals surface area contributed by atoms with E-state index in [1.54, 1.807) is 0 Å². The average molecular weight is 292 g/mol. The molecule has 0 saturated carbocycles. The Bertz CT molecular complexity index is 548. The highest BCUT2D eigenvalue weighted by Crippen LogP contribution is 2.19. The molecule has 0 radical (unpaired) electrons. The van der Waals surface area contributed by atoms with E-state index in [-0.39, 0.29) is 0 Å². The third kappa shape index (κ3) is 3.84. The Morgan fingerprint density at radius 1 is 1.30 bits per heavy atom. The van der Waals surface area contributed by atoms with Crippen molar-refractivity contribution in [3.8, 4) is 0 Å². The van der Waals surface area contributed by atoms with Crippen molar-refractivity contribution in [3.05, 3.63) is 52.6 Å². The van der Waals surface area contributed by atoms with E-state index in [0.717, 1.165) is 48.9 Å². The summed E-state index contributed by atoms with van der Waals surface area (Å²) in [6, 6.07) is 6.30. The molecule has 0 aliphatic heterocycles. The van der Waals surface area contributed by atoms with Crippen LogP contribution in [0.25, 0.3) is 0 Å². The summed E-state index contributed by atoms with van der Waals surface area (Å²) in [5, 5.41) is 4.13. The van der Waals surface area contributed by atoms with Crippen LogP contribution < -0.4 is 5.32 Å². The zero-order valence-electron chi connectivity index (χ0n) is 12.2. The van der Waals surface area contributed by atoms with Gasteiger partial charge in [0.2, 0.25) is 0 Å². The van der Waals surface area contributed by atoms with Gasteiger partial charge in [0.15, 0.2) is 0 Å². The minimum absolute atomic E-state index is 0.820. The molecule has 0 saturated heterocycles. The molecule has 0 spiro atoms. The minimum Gasteiger partial charge on any atom is -0.335 e. The van der Waals surface area contributed by atoms with E-state index in [9.17, 15) is 0 Å². The van der Waals surface area contributed by atoms with Gasteiger partial charge in [-0.1, -0.05) is 37.6 Å². The maximum Gasteiger partial charge on any atom is 0.113 e. The number of imidazole rings is 1. The fraction of sp³-hybridized carbons (Fsp3) is 0.438. The molecule has 0 bridgehead atoms. The van der Waals surface area contributed by atoms with Crippen molar-refractivity contribution in [2.75, 3.05) is 6.54 Å². The molecular formula is C16H22ClN3. The molecule has 0 atom stereocenters. The van der Waals surface area contributed by atoms with Crippen LogP contribution in [0.5, 0.6) is 0 Å². The van der Waals surface area contributed by atoms with E-state index in [4.69, 9.17) is 11.6 Å². The Kier molecular flexibility index (Phi) is 5.62. The first kappa shape index (κ1) is 15.1. The SMILES string of the molecule is CCCn1ccnc1Cc1ccc(CNCC)c(Cl)c1. The summed E-state index contributed by atoms with van der Waals surface area (Å²) in [5.74, 6) is 1.10. The maximum absolute atomic E-state index is 6.34. The summed E-state index contributed by atoms with van der Waals surface area (Å²) in [5.41, 5.74) is 2.35. The average Bonchev–Trinajstić information content (AvgIpc) is 2.86. The largest absolute Gasteiger partial charge is 0.335 e. The van der Waals surface area contributed by atoms with Gasteiger partial charge in [0, 0.05) is 36.9 Å². The number of nitrogens with one attached hydrogen (secondary N) is 1. The van der Waals surface area contributed by atoms with Gasteiger partial charge in [-0.25, -0.2) is 4.98 Å². The summed E-state index contributed by atoms with van der Waals surface area (Å²) in [4.78, 5) is 4.44. The van der Waals surface area contributed by atoms with Crippen LogP contribution in [0.2, 0.25) is 5.02 Å². The van der Waals surface area contributed by atoms with Crippen LogP contribution in [0, 0.1) is 0 Å². The molecule has 0 fully saturated rings. The van der Waals surface area contributed by atoms with Gasteiger partial charge in [-0.15, -0.1) is 0 Å². The summed E-state index contributed by atoms with van der Waals surface area (Å²) in [6.07, 6.45) is 5.85. The van der Waals surface area contributed by atoms with Gasteiger partial charge in [-0.3, -0.25) is 0 Å². The van der Waals surface area contributed by atoms with Crippen molar-refractivity contribution in [3.63, 3.8) is 0 Å². The summed E-state index contributed by atoms with van der Waals surface area (Å²) in [6.45, 7) is 7.06. The van der Waals surface area contributed by atoms with Gasteiger partial charge in [0.1, 0.15) is 5.82 Å². The van der Waals surface area contributed by atoms with E-state index >= 15 is 0 Å². The molecule has 1 N–H and O–H groups in total. The van der Waals surface area contributed by atoms with Crippen LogP contribution in [-0.4, -0.2) is 16.1 Å². The second kappa shape index (κ2) is 7.46. The third-order valence-corrected chi connectivity index (χ3v) is 3.66. The second-order valence-corrected chi connectivity index (χ2v) is 5.33. The Morgan fingerprint density at radius 3 is 2.85 bits per heavy atom. The summed E-state index contributed by atoms with van der Waals surface area (Å²) in [7, 11) is 0. The molecule has 1 aromatic heterocycles. The third-order valence-electron chi connectivity index (χ3n) is 3.31. The van der Waals surface area contributed by atoms with Gasteiger partial charge in [0.25, 0.3) is 0 Å². The van der Waals surface area contributed by atoms with Crippen LogP contribution in [0.3, 0.4) is 0 Å². The van der Waals surface area contributed by atoms with Crippen molar-refractivity contribution in [1.29, 1.82) is 0 Å². The van der Waals surface area contributed by atoms with E-state index in [2.05, 4.69) is 46.9 Å². The highest BCUT2D eigenvalue weighted by Gasteiger charge is 2.06. The highest BCUT2D eigenvalue weighted by molar-refractivity contribution is 6.31. The van der Waals surface area contributed by atoms with Crippen molar-refractivity contribution in [2.45, 2.75) is 39.8 Å². The Labute approximate surface area is 126 Å². The number of hydrogen-bond donors (Lipinski definition) is 1. The topological polar surface area (TPSA) is 29.9 Å². The molecule has 0 amide bonds. The first-order valence-corrected chi connectivity index (χ1v) is 7.60. The van der Waals surface area contributed by atoms with Crippen LogP contribution in [0.4, 0.5) is 0 Å². The molecule has 0 aliphatic carbocycles. The molecule has 2 aromatic rings. The van der Waals surface area contributed by atoms with Crippen LogP contribution in [0.1, 0.15) is 37.2 Å². The molecule has 0 aliphatic rings. The van der Waals surface area contributed by atoms with Crippen LogP contribution in [0.15, 0.2) is 30.6 Å². The van der Waals surface area contributed by atoms with Crippen LogP contribution >= 0.6 is 11.6 Å². The van der Waals surface area contributed by atoms with Gasteiger partial charge < -0.3 is 9.88 Å². The lowest BCUT2D eigenvalue weighted by Gasteiger charge is -2.09. The molecular weight excluding hydrogens is 270 g/mol. The molecule has 108 valence electrons. The van der Waals surface area contributed by atoms with Gasteiger partial charge >= 0.3 is 0 Å². The monoisotopic (exact) mass is 291 g/mol. The number of nitrogens with zero attached hydrogens (tertiary/aromatic N) is 2. The first-order valence-electron chi connectivity index (χ1n) is 7.22. The number of hydrogen-bond acceptors (Lipinski definition) is 2. The number of rotatable bonds is 7. The van der Waals surface area contributed by atoms with Gasteiger partial charge in [0.05, 0.1) is 0 Å². The lowest BCUT2D eigenvalue weighted by molar-refractivity contribution is 0.647. The number of halogens is 1. The molecule has 1 heterocycles. The van der Waals surface area contributed by atoms with E-state index in [1.165, 1.54) is 5.56 Å². The smallest absolute Gasteiger partial charge is 0.113 e. The van der Waals surface area contributed by atoms with Gasteiger partial charge in [-0.2, -0.15) is 0 Å². The molecule has 2 rings (SSSR count). The molecule has 0 unspecified atom stereocenters. The summed E-state index contributed by atoms with van der Waals surface area (Å²) < 4.78 is 2.21. The fourth-order valence-corrected chi connectivity index (χ4v) is 2.51. The highest BCUT2D eigenvalue weighted by atomic mass is 35.5. The maximum atomic E-state index is 6.34. The first-order chi connectivity index (χ1) is 9.74.